The van der Waals surface area contributed by atoms with E-state index in [4.69, 9.17) is 9.15 Å². The minimum atomic E-state index is 0.0698. The molecular weight excluding hydrogens is 292 g/mol. The molecule has 0 amide bonds. The molecule has 0 atom stereocenters. The van der Waals surface area contributed by atoms with Gasteiger partial charge in [-0.1, -0.05) is 39.0 Å². The second kappa shape index (κ2) is 5.19. The van der Waals surface area contributed by atoms with Crippen molar-refractivity contribution >= 4 is 15.9 Å². The molecule has 2 aromatic rings. The van der Waals surface area contributed by atoms with E-state index in [1.807, 2.05) is 30.3 Å². The maximum Gasteiger partial charge on any atom is 0.169 e. The maximum atomic E-state index is 5.85. The fourth-order valence-corrected chi connectivity index (χ4v) is 2.13. The molecule has 3 heteroatoms. The molecule has 0 bridgehead atoms. The summed E-state index contributed by atoms with van der Waals surface area (Å²) in [5.41, 5.74) is 1.27. The van der Waals surface area contributed by atoms with Crippen molar-refractivity contribution in [2.75, 3.05) is 0 Å². The van der Waals surface area contributed by atoms with Crippen LogP contribution >= 0.6 is 15.9 Å². The lowest BCUT2D eigenvalue weighted by atomic mass is 9.86. The summed E-state index contributed by atoms with van der Waals surface area (Å²) in [5, 5.41) is 0. The van der Waals surface area contributed by atoms with Crippen LogP contribution in [-0.2, 0) is 12.0 Å². The SMILES string of the molecule is CC(C)(C)c1ccccc1OCc1ccc(Br)o1. The molecule has 2 nitrogen and oxygen atoms in total. The van der Waals surface area contributed by atoms with Crippen molar-refractivity contribution < 1.29 is 9.15 Å². The van der Waals surface area contributed by atoms with Gasteiger partial charge in [-0.3, -0.25) is 0 Å². The van der Waals surface area contributed by atoms with E-state index in [-0.39, 0.29) is 5.41 Å². The highest BCUT2D eigenvalue weighted by Crippen LogP contribution is 2.31. The third-order valence-corrected chi connectivity index (χ3v) is 3.12. The summed E-state index contributed by atoms with van der Waals surface area (Å²) >= 11 is 3.28. The zero-order valence-electron chi connectivity index (χ0n) is 10.9. The first-order valence-electron chi connectivity index (χ1n) is 5.93. The van der Waals surface area contributed by atoms with Crippen LogP contribution in [0.4, 0.5) is 0 Å². The Morgan fingerprint density at radius 2 is 1.83 bits per heavy atom. The summed E-state index contributed by atoms with van der Waals surface area (Å²) in [4.78, 5) is 0. The van der Waals surface area contributed by atoms with Crippen LogP contribution in [0.25, 0.3) is 0 Å². The van der Waals surface area contributed by atoms with Crippen molar-refractivity contribution in [2.45, 2.75) is 32.8 Å². The summed E-state index contributed by atoms with van der Waals surface area (Å²) < 4.78 is 12.0. The summed E-state index contributed by atoms with van der Waals surface area (Å²) in [6, 6.07) is 11.9. The van der Waals surface area contributed by atoms with Crippen LogP contribution in [0.2, 0.25) is 0 Å². The first-order chi connectivity index (χ1) is 8.47. The molecule has 0 fully saturated rings. The Labute approximate surface area is 116 Å². The van der Waals surface area contributed by atoms with Gasteiger partial charge in [0.2, 0.25) is 0 Å². The van der Waals surface area contributed by atoms with Gasteiger partial charge in [0.25, 0.3) is 0 Å². The second-order valence-corrected chi connectivity index (χ2v) is 6.02. The fraction of sp³-hybridized carbons (Fsp3) is 0.333. The molecule has 0 saturated carbocycles. The van der Waals surface area contributed by atoms with Gasteiger partial charge in [0.1, 0.15) is 18.1 Å². The standard InChI is InChI=1S/C15H17BrO2/c1-15(2,3)12-6-4-5-7-13(12)17-10-11-8-9-14(16)18-11/h4-9H,10H2,1-3H3. The highest BCUT2D eigenvalue weighted by atomic mass is 79.9. The minimum Gasteiger partial charge on any atom is -0.485 e. The van der Waals surface area contributed by atoms with E-state index < -0.39 is 0 Å². The fourth-order valence-electron chi connectivity index (χ4n) is 1.79. The Morgan fingerprint density at radius 3 is 2.44 bits per heavy atom. The first-order valence-corrected chi connectivity index (χ1v) is 6.72. The monoisotopic (exact) mass is 308 g/mol. The van der Waals surface area contributed by atoms with E-state index in [0.717, 1.165) is 16.2 Å². The Bertz CT molecular complexity index is 523. The predicted octanol–water partition coefficient (Wildman–Crippen LogP) is 4.92. The molecular formula is C15H17BrO2. The topological polar surface area (TPSA) is 22.4 Å². The lowest BCUT2D eigenvalue weighted by molar-refractivity contribution is 0.262. The van der Waals surface area contributed by atoms with E-state index in [0.29, 0.717) is 6.61 Å². The maximum absolute atomic E-state index is 5.85. The zero-order chi connectivity index (χ0) is 13.2. The van der Waals surface area contributed by atoms with Crippen molar-refractivity contribution in [3.63, 3.8) is 0 Å². The van der Waals surface area contributed by atoms with Crippen molar-refractivity contribution in [1.82, 2.24) is 0 Å². The van der Waals surface area contributed by atoms with E-state index >= 15 is 0 Å². The van der Waals surface area contributed by atoms with Gasteiger partial charge in [-0.25, -0.2) is 0 Å². The van der Waals surface area contributed by atoms with Crippen molar-refractivity contribution in [3.8, 4) is 5.75 Å². The Morgan fingerprint density at radius 1 is 1.11 bits per heavy atom. The molecule has 96 valence electrons. The molecule has 2 rings (SSSR count). The number of para-hydroxylation sites is 1. The average Bonchev–Trinajstić information content (AvgIpc) is 2.72. The van der Waals surface area contributed by atoms with Crippen LogP contribution in [0.1, 0.15) is 32.1 Å². The molecule has 0 saturated heterocycles. The normalized spacial score (nSPS) is 11.6. The predicted molar refractivity (Wildman–Crippen MR) is 75.9 cm³/mol. The molecule has 0 aliphatic carbocycles. The number of hydrogen-bond donors (Lipinski definition) is 0. The van der Waals surface area contributed by atoms with E-state index in [1.165, 1.54) is 5.56 Å². The van der Waals surface area contributed by atoms with Crippen molar-refractivity contribution in [2.24, 2.45) is 0 Å². The minimum absolute atomic E-state index is 0.0698. The van der Waals surface area contributed by atoms with Gasteiger partial charge >= 0.3 is 0 Å². The quantitative estimate of drug-likeness (QED) is 0.803. The number of halogens is 1. The van der Waals surface area contributed by atoms with Crippen LogP contribution in [0.15, 0.2) is 45.5 Å². The van der Waals surface area contributed by atoms with Gasteiger partial charge in [0.05, 0.1) is 0 Å². The van der Waals surface area contributed by atoms with Gasteiger partial charge in [-0.05, 0) is 45.1 Å². The molecule has 0 unspecified atom stereocenters. The smallest absolute Gasteiger partial charge is 0.169 e. The van der Waals surface area contributed by atoms with E-state index in [9.17, 15) is 0 Å². The average molecular weight is 309 g/mol. The molecule has 0 N–H and O–H groups in total. The highest BCUT2D eigenvalue weighted by Gasteiger charge is 2.18. The van der Waals surface area contributed by atoms with Crippen molar-refractivity contribution in [1.29, 1.82) is 0 Å². The summed E-state index contributed by atoms with van der Waals surface area (Å²) in [5.74, 6) is 1.73. The van der Waals surface area contributed by atoms with Crippen LogP contribution in [-0.4, -0.2) is 0 Å². The number of furan rings is 1. The van der Waals surface area contributed by atoms with Crippen LogP contribution in [0.3, 0.4) is 0 Å². The molecule has 1 aromatic carbocycles. The van der Waals surface area contributed by atoms with Crippen LogP contribution in [0.5, 0.6) is 5.75 Å². The Kier molecular flexibility index (Phi) is 3.81. The van der Waals surface area contributed by atoms with Gasteiger partial charge in [0.15, 0.2) is 4.67 Å². The largest absolute Gasteiger partial charge is 0.485 e. The summed E-state index contributed by atoms with van der Waals surface area (Å²) in [6.45, 7) is 6.98. The Hall–Kier alpha value is -1.22. The van der Waals surface area contributed by atoms with Crippen LogP contribution < -0.4 is 4.74 Å². The Balaban J connectivity index is 2.14. The zero-order valence-corrected chi connectivity index (χ0v) is 12.5. The summed E-state index contributed by atoms with van der Waals surface area (Å²) in [7, 11) is 0. The van der Waals surface area contributed by atoms with Gasteiger partial charge < -0.3 is 9.15 Å². The molecule has 18 heavy (non-hydrogen) atoms. The second-order valence-electron chi connectivity index (χ2n) is 5.24. The first kappa shape index (κ1) is 13.2. The number of benzene rings is 1. The number of ether oxygens (including phenoxy) is 1. The van der Waals surface area contributed by atoms with Gasteiger partial charge in [-0.2, -0.15) is 0 Å². The lowest BCUT2D eigenvalue weighted by Gasteiger charge is -2.22. The highest BCUT2D eigenvalue weighted by molar-refractivity contribution is 9.10. The molecule has 0 aliphatic rings. The molecule has 1 aromatic heterocycles. The molecule has 0 aliphatic heterocycles. The summed E-state index contributed by atoms with van der Waals surface area (Å²) in [6.07, 6.45) is 0. The molecule has 1 heterocycles. The van der Waals surface area contributed by atoms with Crippen LogP contribution in [0, 0.1) is 0 Å². The molecule has 0 spiro atoms. The van der Waals surface area contributed by atoms with Crippen molar-refractivity contribution in [3.05, 3.63) is 52.4 Å². The van der Waals surface area contributed by atoms with Gasteiger partial charge in [0, 0.05) is 0 Å². The van der Waals surface area contributed by atoms with E-state index in [1.54, 1.807) is 0 Å². The van der Waals surface area contributed by atoms with E-state index in [2.05, 4.69) is 42.8 Å². The number of rotatable bonds is 3. The third kappa shape index (κ3) is 3.16. The third-order valence-electron chi connectivity index (χ3n) is 2.69. The van der Waals surface area contributed by atoms with Gasteiger partial charge in [-0.15, -0.1) is 0 Å². The molecule has 0 radical (unpaired) electrons. The lowest BCUT2D eigenvalue weighted by Crippen LogP contribution is -2.13. The number of hydrogen-bond acceptors (Lipinski definition) is 2.